The molecule has 2 aromatic carbocycles. The molecule has 1 atom stereocenters. The van der Waals surface area contributed by atoms with Gasteiger partial charge in [0.15, 0.2) is 0 Å². The normalized spacial score (nSPS) is 23.5. The Hall–Kier alpha value is -2.27. The third-order valence-electron chi connectivity index (χ3n) is 4.05. The van der Waals surface area contributed by atoms with Gasteiger partial charge in [0.1, 0.15) is 0 Å². The molecule has 2 aromatic rings. The highest BCUT2D eigenvalue weighted by molar-refractivity contribution is 8.01. The summed E-state index contributed by atoms with van der Waals surface area (Å²) in [7, 11) is 0. The van der Waals surface area contributed by atoms with E-state index in [1.807, 2.05) is 54.6 Å². The number of carbonyl (C=O) groups excluding carboxylic acids is 2. The average Bonchev–Trinajstić information content (AvgIpc) is 2.81. The van der Waals surface area contributed by atoms with Crippen molar-refractivity contribution in [3.8, 4) is 0 Å². The van der Waals surface area contributed by atoms with Gasteiger partial charge in [-0.2, -0.15) is 0 Å². The molecule has 1 N–H and O–H groups in total. The zero-order valence-electron chi connectivity index (χ0n) is 11.8. The fourth-order valence-electron chi connectivity index (χ4n) is 3.12. The van der Waals surface area contributed by atoms with Gasteiger partial charge in [0.2, 0.25) is 10.8 Å². The van der Waals surface area contributed by atoms with E-state index in [0.29, 0.717) is 12.2 Å². The van der Waals surface area contributed by atoms with Crippen molar-refractivity contribution in [3.63, 3.8) is 0 Å². The molecule has 0 radical (unpaired) electrons. The topological polar surface area (TPSA) is 49.4 Å². The summed E-state index contributed by atoms with van der Waals surface area (Å²) < 4.78 is 0. The third kappa shape index (κ3) is 1.72. The first kappa shape index (κ1) is 13.4. The summed E-state index contributed by atoms with van der Waals surface area (Å²) in [5, 5.41) is 2.92. The maximum Gasteiger partial charge on any atom is 0.266 e. The zero-order chi connectivity index (χ0) is 15.2. The van der Waals surface area contributed by atoms with Gasteiger partial charge in [0.05, 0.1) is 0 Å². The highest BCUT2D eigenvalue weighted by Gasteiger charge is 2.56. The number of anilines is 2. The zero-order valence-corrected chi connectivity index (χ0v) is 12.6. The number of hydrogen-bond acceptors (Lipinski definition) is 3. The van der Waals surface area contributed by atoms with Crippen molar-refractivity contribution in [3.05, 3.63) is 60.2 Å². The minimum atomic E-state index is -0.993. The molecule has 1 spiro atoms. The Bertz CT molecular complexity index is 762. The molecular weight excluding hydrogens is 296 g/mol. The van der Waals surface area contributed by atoms with E-state index in [0.717, 1.165) is 16.9 Å². The van der Waals surface area contributed by atoms with Crippen molar-refractivity contribution < 1.29 is 9.59 Å². The average molecular weight is 310 g/mol. The second kappa shape index (κ2) is 4.88. The number of rotatable bonds is 1. The van der Waals surface area contributed by atoms with Gasteiger partial charge in [0.25, 0.3) is 5.91 Å². The minimum absolute atomic E-state index is 0.0168. The molecule has 5 heteroatoms. The number of amides is 2. The molecule has 1 saturated heterocycles. The van der Waals surface area contributed by atoms with Crippen molar-refractivity contribution >= 4 is 35.0 Å². The summed E-state index contributed by atoms with van der Waals surface area (Å²) in [6.07, 6.45) is 0.441. The van der Waals surface area contributed by atoms with Gasteiger partial charge in [-0.05, 0) is 18.2 Å². The molecule has 0 saturated carbocycles. The van der Waals surface area contributed by atoms with Crippen LogP contribution in [0.2, 0.25) is 0 Å². The van der Waals surface area contributed by atoms with E-state index in [-0.39, 0.29) is 11.8 Å². The van der Waals surface area contributed by atoms with Crippen molar-refractivity contribution in [1.29, 1.82) is 0 Å². The van der Waals surface area contributed by atoms with Crippen LogP contribution in [0.4, 0.5) is 11.4 Å². The number of carbonyl (C=O) groups is 2. The maximum atomic E-state index is 12.8. The first-order valence-corrected chi connectivity index (χ1v) is 8.15. The number of benzene rings is 2. The van der Waals surface area contributed by atoms with Crippen LogP contribution in [0.25, 0.3) is 0 Å². The summed E-state index contributed by atoms with van der Waals surface area (Å²) in [6.45, 7) is 0. The number of nitrogens with one attached hydrogen (secondary N) is 1. The Labute approximate surface area is 132 Å². The molecule has 2 aliphatic rings. The first-order valence-electron chi connectivity index (χ1n) is 7.16. The Balaban J connectivity index is 1.95. The van der Waals surface area contributed by atoms with Crippen LogP contribution in [-0.2, 0) is 14.5 Å². The Morgan fingerprint density at radius 1 is 1.00 bits per heavy atom. The van der Waals surface area contributed by atoms with Gasteiger partial charge in [0, 0.05) is 29.1 Å². The van der Waals surface area contributed by atoms with E-state index in [2.05, 4.69) is 5.32 Å². The second-order valence-electron chi connectivity index (χ2n) is 5.31. The quantitative estimate of drug-likeness (QED) is 0.881. The lowest BCUT2D eigenvalue weighted by Crippen LogP contribution is -2.54. The van der Waals surface area contributed by atoms with E-state index in [4.69, 9.17) is 0 Å². The highest BCUT2D eigenvalue weighted by Crippen LogP contribution is 2.52. The van der Waals surface area contributed by atoms with Gasteiger partial charge in [-0.1, -0.05) is 36.4 Å². The lowest BCUT2D eigenvalue weighted by atomic mass is 10.0. The number of thioether (sulfide) groups is 1. The van der Waals surface area contributed by atoms with Crippen molar-refractivity contribution in [2.45, 2.75) is 11.3 Å². The fraction of sp³-hybridized carbons (Fsp3) is 0.176. The Kier molecular flexibility index (Phi) is 2.97. The molecule has 22 heavy (non-hydrogen) atoms. The van der Waals surface area contributed by atoms with E-state index >= 15 is 0 Å². The van der Waals surface area contributed by atoms with E-state index in [1.165, 1.54) is 11.8 Å². The van der Waals surface area contributed by atoms with E-state index < -0.39 is 4.87 Å². The lowest BCUT2D eigenvalue weighted by molar-refractivity contribution is -0.124. The van der Waals surface area contributed by atoms with Gasteiger partial charge >= 0.3 is 0 Å². The van der Waals surface area contributed by atoms with E-state index in [1.54, 1.807) is 4.90 Å². The number of para-hydroxylation sites is 2. The van der Waals surface area contributed by atoms with Gasteiger partial charge in [-0.15, -0.1) is 11.8 Å². The van der Waals surface area contributed by atoms with Gasteiger partial charge < -0.3 is 5.32 Å². The number of nitrogens with zero attached hydrogens (tertiary/aromatic N) is 1. The van der Waals surface area contributed by atoms with Crippen molar-refractivity contribution in [1.82, 2.24) is 0 Å². The maximum absolute atomic E-state index is 12.8. The molecular formula is C17H14N2O2S. The van der Waals surface area contributed by atoms with Crippen LogP contribution in [-0.4, -0.2) is 17.6 Å². The largest absolute Gasteiger partial charge is 0.323 e. The summed E-state index contributed by atoms with van der Waals surface area (Å²) in [6, 6.07) is 17.0. The predicted molar refractivity (Wildman–Crippen MR) is 87.8 cm³/mol. The second-order valence-corrected chi connectivity index (χ2v) is 6.59. The number of hydrogen-bond donors (Lipinski definition) is 1. The summed E-state index contributed by atoms with van der Waals surface area (Å²) in [4.78, 5) is 26.1. The molecule has 2 aliphatic heterocycles. The Morgan fingerprint density at radius 3 is 2.55 bits per heavy atom. The molecule has 0 aromatic heterocycles. The van der Waals surface area contributed by atoms with E-state index in [9.17, 15) is 9.59 Å². The van der Waals surface area contributed by atoms with Crippen LogP contribution >= 0.6 is 11.8 Å². The van der Waals surface area contributed by atoms with Crippen LogP contribution in [0.15, 0.2) is 54.6 Å². The third-order valence-corrected chi connectivity index (χ3v) is 5.47. The monoisotopic (exact) mass is 310 g/mol. The molecule has 2 amide bonds. The van der Waals surface area contributed by atoms with Crippen LogP contribution < -0.4 is 10.2 Å². The van der Waals surface area contributed by atoms with Crippen LogP contribution in [0.3, 0.4) is 0 Å². The SMILES string of the molecule is O=C1CCS[C@]2(C(=O)Nc3ccccc32)N1c1ccccc1. The Morgan fingerprint density at radius 2 is 1.73 bits per heavy atom. The molecule has 4 nitrogen and oxygen atoms in total. The molecule has 0 bridgehead atoms. The standard InChI is InChI=1S/C17H14N2O2S/c20-15-10-11-22-17(19(15)12-6-2-1-3-7-12)13-8-4-5-9-14(13)18-16(17)21/h1-9H,10-11H2,(H,18,21)/t17-/m1/s1. The molecule has 110 valence electrons. The van der Waals surface area contributed by atoms with Crippen LogP contribution in [0, 0.1) is 0 Å². The molecule has 1 fully saturated rings. The summed E-state index contributed by atoms with van der Waals surface area (Å²) in [5.41, 5.74) is 2.41. The number of fused-ring (bicyclic) bond motifs is 2. The summed E-state index contributed by atoms with van der Waals surface area (Å²) in [5.74, 6) is 0.483. The summed E-state index contributed by atoms with van der Waals surface area (Å²) >= 11 is 1.52. The van der Waals surface area contributed by atoms with Crippen LogP contribution in [0.1, 0.15) is 12.0 Å². The van der Waals surface area contributed by atoms with Crippen molar-refractivity contribution in [2.75, 3.05) is 16.0 Å². The lowest BCUT2D eigenvalue weighted by Gasteiger charge is -2.42. The highest BCUT2D eigenvalue weighted by atomic mass is 32.2. The minimum Gasteiger partial charge on any atom is -0.323 e. The molecule has 0 aliphatic carbocycles. The smallest absolute Gasteiger partial charge is 0.266 e. The molecule has 4 rings (SSSR count). The van der Waals surface area contributed by atoms with Gasteiger partial charge in [-0.3, -0.25) is 14.5 Å². The molecule has 2 heterocycles. The first-order chi connectivity index (χ1) is 10.7. The van der Waals surface area contributed by atoms with Crippen molar-refractivity contribution in [2.24, 2.45) is 0 Å². The predicted octanol–water partition coefficient (Wildman–Crippen LogP) is 2.96. The van der Waals surface area contributed by atoms with Crippen LogP contribution in [0.5, 0.6) is 0 Å². The van der Waals surface area contributed by atoms with Gasteiger partial charge in [-0.25, -0.2) is 0 Å². The fourth-order valence-corrected chi connectivity index (χ4v) is 4.55. The molecule has 0 unspecified atom stereocenters.